The molecule has 0 saturated carbocycles. The SMILES string of the molecule is C=C(C)c1c(C)cc(N)nc1C(C)(C)C. The van der Waals surface area contributed by atoms with Crippen molar-refractivity contribution >= 4 is 11.4 Å². The van der Waals surface area contributed by atoms with Gasteiger partial charge in [-0.25, -0.2) is 4.98 Å². The van der Waals surface area contributed by atoms with Crippen molar-refractivity contribution in [1.29, 1.82) is 0 Å². The molecule has 1 aromatic rings. The fraction of sp³-hybridized carbons (Fsp3) is 0.462. The number of nitrogens with zero attached hydrogens (tertiary/aromatic N) is 1. The van der Waals surface area contributed by atoms with Gasteiger partial charge in [-0.05, 0) is 31.1 Å². The van der Waals surface area contributed by atoms with E-state index in [-0.39, 0.29) is 5.41 Å². The summed E-state index contributed by atoms with van der Waals surface area (Å²) in [7, 11) is 0. The molecule has 0 aliphatic carbocycles. The summed E-state index contributed by atoms with van der Waals surface area (Å²) < 4.78 is 0. The van der Waals surface area contributed by atoms with E-state index in [1.807, 2.05) is 13.0 Å². The summed E-state index contributed by atoms with van der Waals surface area (Å²) >= 11 is 0. The van der Waals surface area contributed by atoms with E-state index in [0.29, 0.717) is 5.82 Å². The first-order chi connectivity index (χ1) is 6.73. The number of pyridine rings is 1. The molecule has 0 bridgehead atoms. The molecule has 0 atom stereocenters. The zero-order valence-electron chi connectivity index (χ0n) is 10.3. The highest BCUT2D eigenvalue weighted by molar-refractivity contribution is 5.68. The van der Waals surface area contributed by atoms with Gasteiger partial charge in [0.25, 0.3) is 0 Å². The quantitative estimate of drug-likeness (QED) is 0.762. The van der Waals surface area contributed by atoms with Gasteiger partial charge in [0.15, 0.2) is 0 Å². The summed E-state index contributed by atoms with van der Waals surface area (Å²) in [4.78, 5) is 4.44. The normalized spacial score (nSPS) is 11.5. The van der Waals surface area contributed by atoms with E-state index in [0.717, 1.165) is 22.4 Å². The standard InChI is InChI=1S/C13H20N2/c1-8(2)11-9(3)7-10(14)15-12(11)13(4,5)6/h7H,1H2,2-6H3,(H2,14,15). The number of hydrogen-bond acceptors (Lipinski definition) is 2. The van der Waals surface area contributed by atoms with Crippen molar-refractivity contribution in [1.82, 2.24) is 4.98 Å². The molecule has 0 saturated heterocycles. The van der Waals surface area contributed by atoms with Crippen molar-refractivity contribution in [3.8, 4) is 0 Å². The number of hydrogen-bond donors (Lipinski definition) is 1. The number of aryl methyl sites for hydroxylation is 1. The largest absolute Gasteiger partial charge is 0.384 e. The number of aromatic nitrogens is 1. The molecule has 0 fully saturated rings. The molecule has 0 aromatic carbocycles. The highest BCUT2D eigenvalue weighted by Gasteiger charge is 2.21. The van der Waals surface area contributed by atoms with Crippen molar-refractivity contribution in [3.05, 3.63) is 29.5 Å². The van der Waals surface area contributed by atoms with Crippen molar-refractivity contribution < 1.29 is 0 Å². The van der Waals surface area contributed by atoms with Crippen LogP contribution in [0.3, 0.4) is 0 Å². The summed E-state index contributed by atoms with van der Waals surface area (Å²) in [5, 5.41) is 0. The molecule has 0 unspecified atom stereocenters. The van der Waals surface area contributed by atoms with E-state index in [1.165, 1.54) is 0 Å². The zero-order chi connectivity index (χ0) is 11.8. The lowest BCUT2D eigenvalue weighted by Crippen LogP contribution is -2.18. The molecule has 1 heterocycles. The Morgan fingerprint density at radius 2 is 1.93 bits per heavy atom. The van der Waals surface area contributed by atoms with Crippen LogP contribution < -0.4 is 5.73 Å². The maximum atomic E-state index is 5.78. The van der Waals surface area contributed by atoms with Crippen LogP contribution in [0.5, 0.6) is 0 Å². The van der Waals surface area contributed by atoms with Crippen LogP contribution in [0.1, 0.15) is 44.5 Å². The molecule has 1 aromatic heterocycles. The number of allylic oxidation sites excluding steroid dienone is 1. The summed E-state index contributed by atoms with van der Waals surface area (Å²) in [6.45, 7) is 14.5. The van der Waals surface area contributed by atoms with E-state index in [4.69, 9.17) is 5.73 Å². The minimum Gasteiger partial charge on any atom is -0.384 e. The molecule has 0 radical (unpaired) electrons. The average molecular weight is 204 g/mol. The van der Waals surface area contributed by atoms with E-state index in [1.54, 1.807) is 0 Å². The third kappa shape index (κ3) is 2.38. The van der Waals surface area contributed by atoms with Crippen molar-refractivity contribution in [2.75, 3.05) is 5.73 Å². The Morgan fingerprint density at radius 3 is 2.33 bits per heavy atom. The highest BCUT2D eigenvalue weighted by Crippen LogP contribution is 2.31. The van der Waals surface area contributed by atoms with Crippen molar-refractivity contribution in [3.63, 3.8) is 0 Å². The van der Waals surface area contributed by atoms with Gasteiger partial charge in [-0.2, -0.15) is 0 Å². The van der Waals surface area contributed by atoms with Crippen molar-refractivity contribution in [2.24, 2.45) is 0 Å². The second-order valence-corrected chi connectivity index (χ2v) is 5.12. The van der Waals surface area contributed by atoms with Gasteiger partial charge in [0.05, 0.1) is 5.69 Å². The summed E-state index contributed by atoms with van der Waals surface area (Å²) in [5.74, 6) is 0.586. The highest BCUT2D eigenvalue weighted by atomic mass is 14.9. The van der Waals surface area contributed by atoms with Gasteiger partial charge >= 0.3 is 0 Å². The molecule has 15 heavy (non-hydrogen) atoms. The lowest BCUT2D eigenvalue weighted by molar-refractivity contribution is 0.567. The smallest absolute Gasteiger partial charge is 0.123 e. The van der Waals surface area contributed by atoms with Crippen LogP contribution in [0.25, 0.3) is 5.57 Å². The van der Waals surface area contributed by atoms with Crippen LogP contribution in [0, 0.1) is 6.92 Å². The maximum absolute atomic E-state index is 5.78. The number of nitrogen functional groups attached to an aromatic ring is 1. The number of anilines is 1. The fourth-order valence-corrected chi connectivity index (χ4v) is 1.78. The molecule has 0 spiro atoms. The third-order valence-electron chi connectivity index (χ3n) is 2.37. The van der Waals surface area contributed by atoms with Crippen LogP contribution in [0.4, 0.5) is 5.82 Å². The van der Waals surface area contributed by atoms with Gasteiger partial charge in [-0.15, -0.1) is 0 Å². The summed E-state index contributed by atoms with van der Waals surface area (Å²) in [5.41, 5.74) is 10.2. The third-order valence-corrected chi connectivity index (χ3v) is 2.37. The van der Waals surface area contributed by atoms with Crippen LogP contribution in [-0.2, 0) is 5.41 Å². The first-order valence-electron chi connectivity index (χ1n) is 5.17. The van der Waals surface area contributed by atoms with Gasteiger partial charge in [0.1, 0.15) is 5.82 Å². The van der Waals surface area contributed by atoms with E-state index < -0.39 is 0 Å². The van der Waals surface area contributed by atoms with Gasteiger partial charge in [0.2, 0.25) is 0 Å². The lowest BCUT2D eigenvalue weighted by Gasteiger charge is -2.23. The molecule has 0 amide bonds. The second-order valence-electron chi connectivity index (χ2n) is 5.12. The minimum atomic E-state index is -0.00553. The Morgan fingerprint density at radius 1 is 1.40 bits per heavy atom. The second kappa shape index (κ2) is 3.69. The fourth-order valence-electron chi connectivity index (χ4n) is 1.78. The monoisotopic (exact) mass is 204 g/mol. The molecule has 2 nitrogen and oxygen atoms in total. The topological polar surface area (TPSA) is 38.9 Å². The molecule has 1 rings (SSSR count). The Balaban J connectivity index is 3.54. The summed E-state index contributed by atoms with van der Waals surface area (Å²) in [6.07, 6.45) is 0. The van der Waals surface area contributed by atoms with Crippen LogP contribution in [-0.4, -0.2) is 4.98 Å². The lowest BCUT2D eigenvalue weighted by atomic mass is 9.85. The number of nitrogens with two attached hydrogens (primary N) is 1. The van der Waals surface area contributed by atoms with Crippen LogP contribution >= 0.6 is 0 Å². The molecule has 82 valence electrons. The van der Waals surface area contributed by atoms with Gasteiger partial charge in [-0.3, -0.25) is 0 Å². The zero-order valence-corrected chi connectivity index (χ0v) is 10.3. The van der Waals surface area contributed by atoms with Crippen molar-refractivity contribution in [2.45, 2.75) is 40.0 Å². The van der Waals surface area contributed by atoms with E-state index in [9.17, 15) is 0 Å². The predicted octanol–water partition coefficient (Wildman–Crippen LogP) is 3.30. The predicted molar refractivity (Wildman–Crippen MR) is 66.8 cm³/mol. The van der Waals surface area contributed by atoms with E-state index >= 15 is 0 Å². The average Bonchev–Trinajstić information content (AvgIpc) is 1.99. The molecule has 0 aliphatic rings. The van der Waals surface area contributed by atoms with E-state index in [2.05, 4.69) is 39.3 Å². The first kappa shape index (κ1) is 11.8. The first-order valence-corrected chi connectivity index (χ1v) is 5.17. The molecule has 2 N–H and O–H groups in total. The Labute approximate surface area is 92.2 Å². The molecular weight excluding hydrogens is 184 g/mol. The van der Waals surface area contributed by atoms with Gasteiger partial charge < -0.3 is 5.73 Å². The minimum absolute atomic E-state index is 0.00553. The molecule has 2 heteroatoms. The summed E-state index contributed by atoms with van der Waals surface area (Å²) in [6, 6.07) is 1.90. The van der Waals surface area contributed by atoms with Crippen LogP contribution in [0.2, 0.25) is 0 Å². The van der Waals surface area contributed by atoms with Gasteiger partial charge in [-0.1, -0.05) is 27.4 Å². The Kier molecular flexibility index (Phi) is 2.89. The number of rotatable bonds is 1. The molecule has 0 aliphatic heterocycles. The Bertz CT molecular complexity index is 398. The van der Waals surface area contributed by atoms with Gasteiger partial charge in [0, 0.05) is 11.0 Å². The Hall–Kier alpha value is -1.31. The van der Waals surface area contributed by atoms with Crippen LogP contribution in [0.15, 0.2) is 12.6 Å². The molecular formula is C13H20N2. The maximum Gasteiger partial charge on any atom is 0.123 e.